The van der Waals surface area contributed by atoms with Crippen molar-refractivity contribution in [3.05, 3.63) is 70.2 Å². The van der Waals surface area contributed by atoms with Gasteiger partial charge >= 0.3 is 5.97 Å². The molecule has 0 bridgehead atoms. The van der Waals surface area contributed by atoms with Crippen LogP contribution in [-0.2, 0) is 16.0 Å². The molecule has 2 rings (SSSR count). The highest BCUT2D eigenvalue weighted by atomic mass is 35.5. The highest BCUT2D eigenvalue weighted by molar-refractivity contribution is 6.30. The van der Waals surface area contributed by atoms with Gasteiger partial charge in [-0.05, 0) is 42.7 Å². The van der Waals surface area contributed by atoms with Gasteiger partial charge in [0, 0.05) is 11.6 Å². The molecule has 0 aliphatic heterocycles. The average molecular weight is 332 g/mol. The lowest BCUT2D eigenvalue weighted by Crippen LogP contribution is -2.30. The number of ether oxygens (including phenoxy) is 1. The Morgan fingerprint density at radius 3 is 2.65 bits per heavy atom. The average Bonchev–Trinajstić information content (AvgIpc) is 2.53. The molecule has 0 radical (unpaired) electrons. The summed E-state index contributed by atoms with van der Waals surface area (Å²) in [5.41, 5.74) is 2.33. The van der Waals surface area contributed by atoms with Crippen LogP contribution in [0.15, 0.2) is 48.5 Å². The van der Waals surface area contributed by atoms with Gasteiger partial charge in [0.2, 0.25) is 0 Å². The molecule has 0 aliphatic rings. The molecule has 0 aliphatic carbocycles. The Bertz CT molecular complexity index is 700. The van der Waals surface area contributed by atoms with Crippen molar-refractivity contribution in [2.45, 2.75) is 13.3 Å². The topological polar surface area (TPSA) is 55.4 Å². The first-order valence-corrected chi connectivity index (χ1v) is 7.68. The Kier molecular flexibility index (Phi) is 6.18. The van der Waals surface area contributed by atoms with E-state index < -0.39 is 5.97 Å². The summed E-state index contributed by atoms with van der Waals surface area (Å²) in [5.74, 6) is -0.818. The molecule has 120 valence electrons. The number of halogens is 1. The van der Waals surface area contributed by atoms with Crippen LogP contribution < -0.4 is 5.32 Å². The molecule has 0 spiro atoms. The summed E-state index contributed by atoms with van der Waals surface area (Å²) in [5, 5.41) is 3.38. The van der Waals surface area contributed by atoms with E-state index in [2.05, 4.69) is 5.32 Å². The number of rotatable bonds is 6. The molecule has 23 heavy (non-hydrogen) atoms. The Labute approximate surface area is 140 Å². The number of benzene rings is 2. The summed E-state index contributed by atoms with van der Waals surface area (Å²) in [6.45, 7) is 1.99. The molecule has 1 N–H and O–H groups in total. The third-order valence-corrected chi connectivity index (χ3v) is 3.56. The van der Waals surface area contributed by atoms with Crippen molar-refractivity contribution in [2.75, 3.05) is 13.2 Å². The molecule has 0 atom stereocenters. The van der Waals surface area contributed by atoms with Crippen molar-refractivity contribution in [1.82, 2.24) is 5.32 Å². The predicted octanol–water partition coefficient (Wildman–Crippen LogP) is 3.16. The maximum Gasteiger partial charge on any atom is 0.338 e. The molecule has 0 fully saturated rings. The van der Waals surface area contributed by atoms with E-state index in [0.717, 1.165) is 11.1 Å². The largest absolute Gasteiger partial charge is 0.452 e. The predicted molar refractivity (Wildman–Crippen MR) is 89.6 cm³/mol. The molecule has 0 saturated heterocycles. The fraction of sp³-hybridized carbons (Fsp3) is 0.222. The van der Waals surface area contributed by atoms with E-state index in [1.165, 1.54) is 0 Å². The van der Waals surface area contributed by atoms with E-state index in [1.807, 2.05) is 37.3 Å². The van der Waals surface area contributed by atoms with Crippen molar-refractivity contribution in [3.63, 3.8) is 0 Å². The summed E-state index contributed by atoms with van der Waals surface area (Å²) in [6, 6.07) is 14.6. The first-order chi connectivity index (χ1) is 11.1. The quantitative estimate of drug-likeness (QED) is 0.827. The summed E-state index contributed by atoms with van der Waals surface area (Å²) in [7, 11) is 0. The lowest BCUT2D eigenvalue weighted by atomic mass is 10.1. The molecule has 2 aromatic rings. The van der Waals surface area contributed by atoms with Gasteiger partial charge in [0.05, 0.1) is 5.56 Å². The van der Waals surface area contributed by atoms with Gasteiger partial charge in [-0.25, -0.2) is 4.79 Å². The van der Waals surface area contributed by atoms with Crippen LogP contribution in [0.1, 0.15) is 21.5 Å². The maximum atomic E-state index is 11.9. The SMILES string of the molecule is Cc1ccccc1C(=O)OCC(=O)NCCc1cccc(Cl)c1. The van der Waals surface area contributed by atoms with Crippen molar-refractivity contribution in [2.24, 2.45) is 0 Å². The van der Waals surface area contributed by atoms with E-state index in [0.29, 0.717) is 23.6 Å². The molecule has 0 aromatic heterocycles. The zero-order valence-electron chi connectivity index (χ0n) is 12.8. The van der Waals surface area contributed by atoms with E-state index >= 15 is 0 Å². The molecular formula is C18H18ClNO3. The van der Waals surface area contributed by atoms with Gasteiger partial charge < -0.3 is 10.1 Å². The minimum Gasteiger partial charge on any atom is -0.452 e. The number of hydrogen-bond acceptors (Lipinski definition) is 3. The maximum absolute atomic E-state index is 11.9. The zero-order chi connectivity index (χ0) is 16.7. The number of carbonyl (C=O) groups is 2. The fourth-order valence-electron chi connectivity index (χ4n) is 2.10. The molecule has 0 unspecified atom stereocenters. The van der Waals surface area contributed by atoms with Gasteiger partial charge in [0.1, 0.15) is 0 Å². The van der Waals surface area contributed by atoms with Crippen LogP contribution in [0, 0.1) is 6.92 Å². The Hall–Kier alpha value is -2.33. The number of amides is 1. The zero-order valence-corrected chi connectivity index (χ0v) is 13.6. The van der Waals surface area contributed by atoms with E-state index in [-0.39, 0.29) is 12.5 Å². The molecule has 2 aromatic carbocycles. The van der Waals surface area contributed by atoms with E-state index in [1.54, 1.807) is 18.2 Å². The van der Waals surface area contributed by atoms with Gasteiger partial charge in [-0.1, -0.05) is 41.9 Å². The number of carbonyl (C=O) groups excluding carboxylic acids is 2. The van der Waals surface area contributed by atoms with Gasteiger partial charge in [-0.3, -0.25) is 4.79 Å². The second-order valence-electron chi connectivity index (χ2n) is 5.12. The van der Waals surface area contributed by atoms with Crippen LogP contribution in [0.5, 0.6) is 0 Å². The highest BCUT2D eigenvalue weighted by Crippen LogP contribution is 2.11. The van der Waals surface area contributed by atoms with Crippen LogP contribution in [0.4, 0.5) is 0 Å². The second kappa shape index (κ2) is 8.34. The second-order valence-corrected chi connectivity index (χ2v) is 5.56. The Morgan fingerprint density at radius 2 is 1.91 bits per heavy atom. The summed E-state index contributed by atoms with van der Waals surface area (Å²) >= 11 is 5.90. The van der Waals surface area contributed by atoms with Crippen LogP contribution >= 0.6 is 11.6 Å². The van der Waals surface area contributed by atoms with E-state index in [9.17, 15) is 9.59 Å². The summed E-state index contributed by atoms with van der Waals surface area (Å²) < 4.78 is 5.02. The number of aryl methyl sites for hydroxylation is 1. The van der Waals surface area contributed by atoms with E-state index in [4.69, 9.17) is 16.3 Å². The van der Waals surface area contributed by atoms with Crippen molar-refractivity contribution in [1.29, 1.82) is 0 Å². The lowest BCUT2D eigenvalue weighted by Gasteiger charge is -2.08. The van der Waals surface area contributed by atoms with Crippen LogP contribution in [0.2, 0.25) is 5.02 Å². The summed E-state index contributed by atoms with van der Waals surface area (Å²) in [4.78, 5) is 23.6. The number of esters is 1. The molecule has 5 heteroatoms. The fourth-order valence-corrected chi connectivity index (χ4v) is 2.31. The molecule has 1 amide bonds. The van der Waals surface area contributed by atoms with Gasteiger partial charge in [0.25, 0.3) is 5.91 Å². The summed E-state index contributed by atoms with van der Waals surface area (Å²) in [6.07, 6.45) is 0.665. The van der Waals surface area contributed by atoms with Crippen LogP contribution in [0.25, 0.3) is 0 Å². The third kappa shape index (κ3) is 5.42. The third-order valence-electron chi connectivity index (χ3n) is 3.32. The van der Waals surface area contributed by atoms with Gasteiger partial charge in [0.15, 0.2) is 6.61 Å². The first-order valence-electron chi connectivity index (χ1n) is 7.30. The van der Waals surface area contributed by atoms with Crippen molar-refractivity contribution in [3.8, 4) is 0 Å². The standard InChI is InChI=1S/C18H18ClNO3/c1-13-5-2-3-8-16(13)18(22)23-12-17(21)20-10-9-14-6-4-7-15(19)11-14/h2-8,11H,9-10,12H2,1H3,(H,20,21). The van der Waals surface area contributed by atoms with Crippen molar-refractivity contribution < 1.29 is 14.3 Å². The van der Waals surface area contributed by atoms with Crippen LogP contribution in [-0.4, -0.2) is 25.0 Å². The number of hydrogen-bond donors (Lipinski definition) is 1. The van der Waals surface area contributed by atoms with Gasteiger partial charge in [-0.2, -0.15) is 0 Å². The van der Waals surface area contributed by atoms with Crippen LogP contribution in [0.3, 0.4) is 0 Å². The first kappa shape index (κ1) is 17.0. The minimum absolute atomic E-state index is 0.289. The normalized spacial score (nSPS) is 10.2. The molecular weight excluding hydrogens is 314 g/mol. The smallest absolute Gasteiger partial charge is 0.338 e. The lowest BCUT2D eigenvalue weighted by molar-refractivity contribution is -0.124. The Balaban J connectivity index is 1.73. The minimum atomic E-state index is -0.493. The monoisotopic (exact) mass is 331 g/mol. The highest BCUT2D eigenvalue weighted by Gasteiger charge is 2.11. The van der Waals surface area contributed by atoms with Crippen molar-refractivity contribution >= 4 is 23.5 Å². The van der Waals surface area contributed by atoms with Gasteiger partial charge in [-0.15, -0.1) is 0 Å². The number of nitrogens with one attached hydrogen (secondary N) is 1. The molecule has 4 nitrogen and oxygen atoms in total. The Morgan fingerprint density at radius 1 is 1.13 bits per heavy atom. The molecule has 0 heterocycles. The molecule has 0 saturated carbocycles.